The van der Waals surface area contributed by atoms with E-state index in [1.807, 2.05) is 11.3 Å². The Kier molecular flexibility index (Phi) is 3.17. The predicted octanol–water partition coefficient (Wildman–Crippen LogP) is 4.20. The van der Waals surface area contributed by atoms with Crippen molar-refractivity contribution < 1.29 is 0 Å². The SMILES string of the molecule is Cc1cccc2scc(CN3CCCCC3)c12. The number of fused-ring (bicyclic) bond motifs is 1. The minimum absolute atomic E-state index is 1.14. The fourth-order valence-electron chi connectivity index (χ4n) is 2.82. The van der Waals surface area contributed by atoms with Gasteiger partial charge in [0.25, 0.3) is 0 Å². The Morgan fingerprint density at radius 1 is 1.18 bits per heavy atom. The summed E-state index contributed by atoms with van der Waals surface area (Å²) in [6, 6.07) is 6.64. The summed E-state index contributed by atoms with van der Waals surface area (Å²) in [5.41, 5.74) is 2.96. The van der Waals surface area contributed by atoms with Crippen LogP contribution in [0.5, 0.6) is 0 Å². The Labute approximate surface area is 107 Å². The third-order valence-corrected chi connectivity index (χ3v) is 4.72. The van der Waals surface area contributed by atoms with E-state index < -0.39 is 0 Å². The first kappa shape index (κ1) is 11.2. The quantitative estimate of drug-likeness (QED) is 0.766. The summed E-state index contributed by atoms with van der Waals surface area (Å²) in [4.78, 5) is 2.61. The van der Waals surface area contributed by atoms with E-state index in [0.29, 0.717) is 0 Å². The van der Waals surface area contributed by atoms with Gasteiger partial charge in [-0.05, 0) is 60.8 Å². The van der Waals surface area contributed by atoms with E-state index >= 15 is 0 Å². The second-order valence-corrected chi connectivity index (χ2v) is 5.96. The van der Waals surface area contributed by atoms with Crippen molar-refractivity contribution >= 4 is 21.4 Å². The van der Waals surface area contributed by atoms with Gasteiger partial charge in [0, 0.05) is 11.2 Å². The van der Waals surface area contributed by atoms with Crippen molar-refractivity contribution in [2.45, 2.75) is 32.7 Å². The number of aryl methyl sites for hydroxylation is 1. The van der Waals surface area contributed by atoms with Crippen LogP contribution in [0.15, 0.2) is 23.6 Å². The Bertz CT molecular complexity index is 509. The van der Waals surface area contributed by atoms with Gasteiger partial charge in [-0.15, -0.1) is 11.3 Å². The highest BCUT2D eigenvalue weighted by molar-refractivity contribution is 7.17. The van der Waals surface area contributed by atoms with Crippen molar-refractivity contribution in [3.05, 3.63) is 34.7 Å². The highest BCUT2D eigenvalue weighted by atomic mass is 32.1. The van der Waals surface area contributed by atoms with E-state index in [4.69, 9.17) is 0 Å². The normalized spacial score (nSPS) is 17.7. The fourth-order valence-corrected chi connectivity index (χ4v) is 3.85. The second kappa shape index (κ2) is 4.79. The minimum Gasteiger partial charge on any atom is -0.299 e. The van der Waals surface area contributed by atoms with E-state index in [9.17, 15) is 0 Å². The van der Waals surface area contributed by atoms with E-state index in [2.05, 4.69) is 35.4 Å². The highest BCUT2D eigenvalue weighted by Gasteiger charge is 2.13. The molecule has 1 nitrogen and oxygen atoms in total. The van der Waals surface area contributed by atoms with Gasteiger partial charge in [-0.25, -0.2) is 0 Å². The lowest BCUT2D eigenvalue weighted by atomic mass is 10.1. The van der Waals surface area contributed by atoms with Crippen molar-refractivity contribution in [1.82, 2.24) is 4.90 Å². The maximum atomic E-state index is 2.61. The van der Waals surface area contributed by atoms with Crippen LogP contribution in [0.1, 0.15) is 30.4 Å². The predicted molar refractivity (Wildman–Crippen MR) is 75.7 cm³/mol. The van der Waals surface area contributed by atoms with Crippen LogP contribution in [-0.4, -0.2) is 18.0 Å². The van der Waals surface area contributed by atoms with Crippen LogP contribution >= 0.6 is 11.3 Å². The summed E-state index contributed by atoms with van der Waals surface area (Å²) in [7, 11) is 0. The van der Waals surface area contributed by atoms with Gasteiger partial charge < -0.3 is 0 Å². The Morgan fingerprint density at radius 3 is 2.82 bits per heavy atom. The molecule has 2 aromatic rings. The molecule has 1 aromatic carbocycles. The van der Waals surface area contributed by atoms with Gasteiger partial charge in [-0.2, -0.15) is 0 Å². The lowest BCUT2D eigenvalue weighted by Crippen LogP contribution is -2.28. The number of likely N-dealkylation sites (tertiary alicyclic amines) is 1. The van der Waals surface area contributed by atoms with Crippen molar-refractivity contribution in [1.29, 1.82) is 0 Å². The molecule has 0 unspecified atom stereocenters. The molecule has 1 saturated heterocycles. The smallest absolute Gasteiger partial charge is 0.0348 e. The van der Waals surface area contributed by atoms with Crippen molar-refractivity contribution in [2.75, 3.05) is 13.1 Å². The topological polar surface area (TPSA) is 3.24 Å². The lowest BCUT2D eigenvalue weighted by Gasteiger charge is -2.26. The number of hydrogen-bond donors (Lipinski definition) is 0. The molecule has 17 heavy (non-hydrogen) atoms. The first-order valence-electron chi connectivity index (χ1n) is 6.52. The number of nitrogens with zero attached hydrogens (tertiary/aromatic N) is 1. The molecule has 3 rings (SSSR count). The summed E-state index contributed by atoms with van der Waals surface area (Å²) in [5.74, 6) is 0. The van der Waals surface area contributed by atoms with Crippen LogP contribution < -0.4 is 0 Å². The molecule has 0 saturated carbocycles. The zero-order chi connectivity index (χ0) is 11.7. The minimum atomic E-state index is 1.14. The number of thiophene rings is 1. The monoisotopic (exact) mass is 245 g/mol. The number of piperidine rings is 1. The van der Waals surface area contributed by atoms with Gasteiger partial charge in [-0.3, -0.25) is 4.90 Å². The third kappa shape index (κ3) is 2.24. The first-order valence-corrected chi connectivity index (χ1v) is 7.40. The molecule has 0 N–H and O–H groups in total. The summed E-state index contributed by atoms with van der Waals surface area (Å²) >= 11 is 1.89. The van der Waals surface area contributed by atoms with Crippen LogP contribution in [0.25, 0.3) is 10.1 Å². The summed E-state index contributed by atoms with van der Waals surface area (Å²) in [6.07, 6.45) is 4.17. The van der Waals surface area contributed by atoms with Crippen LogP contribution in [0.2, 0.25) is 0 Å². The maximum Gasteiger partial charge on any atom is 0.0348 e. The van der Waals surface area contributed by atoms with Crippen molar-refractivity contribution in [3.8, 4) is 0 Å². The van der Waals surface area contributed by atoms with E-state index in [1.54, 1.807) is 0 Å². The zero-order valence-electron chi connectivity index (χ0n) is 10.4. The van der Waals surface area contributed by atoms with Crippen LogP contribution in [0.4, 0.5) is 0 Å². The first-order chi connectivity index (χ1) is 8.34. The van der Waals surface area contributed by atoms with Crippen molar-refractivity contribution in [3.63, 3.8) is 0 Å². The third-order valence-electron chi connectivity index (χ3n) is 3.73. The molecular formula is C15H19NS. The standard InChI is InChI=1S/C15H19NS/c1-12-6-5-7-14-15(12)13(11-17-14)10-16-8-3-2-4-9-16/h5-7,11H,2-4,8-10H2,1H3. The average Bonchev–Trinajstić information content (AvgIpc) is 2.75. The molecular weight excluding hydrogens is 226 g/mol. The second-order valence-electron chi connectivity index (χ2n) is 5.05. The van der Waals surface area contributed by atoms with Crippen LogP contribution in [0.3, 0.4) is 0 Å². The number of rotatable bonds is 2. The van der Waals surface area contributed by atoms with Gasteiger partial charge in [-0.1, -0.05) is 18.6 Å². The molecule has 90 valence electrons. The molecule has 0 spiro atoms. The summed E-state index contributed by atoms with van der Waals surface area (Å²) in [5, 5.41) is 3.86. The summed E-state index contributed by atoms with van der Waals surface area (Å²) in [6.45, 7) is 5.94. The Morgan fingerprint density at radius 2 is 2.00 bits per heavy atom. The maximum absolute atomic E-state index is 2.61. The van der Waals surface area contributed by atoms with Crippen LogP contribution in [0, 0.1) is 6.92 Å². The van der Waals surface area contributed by atoms with E-state index in [-0.39, 0.29) is 0 Å². The van der Waals surface area contributed by atoms with Gasteiger partial charge in [0.1, 0.15) is 0 Å². The molecule has 2 heterocycles. The molecule has 1 fully saturated rings. The molecule has 0 aliphatic carbocycles. The molecule has 1 aromatic heterocycles. The lowest BCUT2D eigenvalue weighted by molar-refractivity contribution is 0.222. The van der Waals surface area contributed by atoms with Gasteiger partial charge >= 0.3 is 0 Å². The molecule has 0 amide bonds. The largest absolute Gasteiger partial charge is 0.299 e. The zero-order valence-corrected chi connectivity index (χ0v) is 11.2. The number of hydrogen-bond acceptors (Lipinski definition) is 2. The van der Waals surface area contributed by atoms with Gasteiger partial charge in [0.15, 0.2) is 0 Å². The Hall–Kier alpha value is -0.860. The molecule has 1 aliphatic heterocycles. The van der Waals surface area contributed by atoms with Crippen molar-refractivity contribution in [2.24, 2.45) is 0 Å². The molecule has 1 aliphatic rings. The fraction of sp³-hybridized carbons (Fsp3) is 0.467. The van der Waals surface area contributed by atoms with Gasteiger partial charge in [0.2, 0.25) is 0 Å². The summed E-state index contributed by atoms with van der Waals surface area (Å²) < 4.78 is 1.44. The Balaban J connectivity index is 1.89. The molecule has 0 bridgehead atoms. The molecule has 0 radical (unpaired) electrons. The van der Waals surface area contributed by atoms with Crippen LogP contribution in [-0.2, 0) is 6.54 Å². The average molecular weight is 245 g/mol. The van der Waals surface area contributed by atoms with E-state index in [0.717, 1.165) is 6.54 Å². The molecule has 0 atom stereocenters. The van der Waals surface area contributed by atoms with Gasteiger partial charge in [0.05, 0.1) is 0 Å². The van der Waals surface area contributed by atoms with E-state index in [1.165, 1.54) is 53.6 Å². The highest BCUT2D eigenvalue weighted by Crippen LogP contribution is 2.30. The number of benzene rings is 1. The molecule has 2 heteroatoms.